The fourth-order valence-corrected chi connectivity index (χ4v) is 4.99. The lowest BCUT2D eigenvalue weighted by Crippen LogP contribution is -2.36. The number of benzene rings is 1. The molecule has 1 atom stereocenters. The quantitative estimate of drug-likeness (QED) is 0.610. The molecule has 2 fully saturated rings. The third-order valence-corrected chi connectivity index (χ3v) is 6.62. The van der Waals surface area contributed by atoms with Crippen LogP contribution in [0.1, 0.15) is 42.9 Å². The van der Waals surface area contributed by atoms with Crippen LogP contribution in [-0.2, 0) is 13.5 Å². The van der Waals surface area contributed by atoms with Crippen LogP contribution in [0.25, 0.3) is 11.3 Å². The van der Waals surface area contributed by atoms with Crippen molar-refractivity contribution in [3.05, 3.63) is 60.0 Å². The predicted molar refractivity (Wildman–Crippen MR) is 124 cm³/mol. The molecule has 3 aromatic rings. The van der Waals surface area contributed by atoms with Gasteiger partial charge in [-0.25, -0.2) is 9.97 Å². The molecule has 1 aromatic carbocycles. The van der Waals surface area contributed by atoms with Crippen LogP contribution >= 0.6 is 0 Å². The van der Waals surface area contributed by atoms with Crippen molar-refractivity contribution in [2.75, 3.05) is 37.6 Å². The van der Waals surface area contributed by atoms with E-state index in [4.69, 9.17) is 10.1 Å². The van der Waals surface area contributed by atoms with E-state index in [1.165, 1.54) is 49.0 Å². The van der Waals surface area contributed by atoms with E-state index in [1.54, 1.807) is 0 Å². The average molecular weight is 417 g/mol. The highest BCUT2D eigenvalue weighted by molar-refractivity contribution is 5.63. The molecule has 0 saturated carbocycles. The van der Waals surface area contributed by atoms with E-state index in [2.05, 4.69) is 51.3 Å². The molecule has 4 heterocycles. The van der Waals surface area contributed by atoms with Gasteiger partial charge in [-0.3, -0.25) is 4.68 Å². The van der Waals surface area contributed by atoms with Crippen molar-refractivity contribution in [1.29, 1.82) is 0 Å². The topological polar surface area (TPSA) is 50.1 Å². The summed E-state index contributed by atoms with van der Waals surface area (Å²) in [7, 11) is 2.02. The third-order valence-electron chi connectivity index (χ3n) is 6.62. The van der Waals surface area contributed by atoms with E-state index >= 15 is 0 Å². The second-order valence-corrected chi connectivity index (χ2v) is 8.91. The summed E-state index contributed by atoms with van der Waals surface area (Å²) in [4.78, 5) is 14.4. The SMILES string of the molecule is Cn1cc(-c2ccnc(N3CCCC3)n2)c(C2CCCN(CCc3ccccc3)C2)n1. The molecule has 2 saturated heterocycles. The minimum Gasteiger partial charge on any atom is -0.341 e. The van der Waals surface area contributed by atoms with Gasteiger partial charge in [0.2, 0.25) is 5.95 Å². The Morgan fingerprint density at radius 3 is 2.68 bits per heavy atom. The van der Waals surface area contributed by atoms with Crippen molar-refractivity contribution in [3.63, 3.8) is 0 Å². The van der Waals surface area contributed by atoms with Crippen molar-refractivity contribution in [2.45, 2.75) is 38.0 Å². The van der Waals surface area contributed by atoms with E-state index in [-0.39, 0.29) is 0 Å². The summed E-state index contributed by atoms with van der Waals surface area (Å²) >= 11 is 0. The second kappa shape index (κ2) is 9.18. The standard InChI is InChI=1S/C25H32N6/c1-29-19-22(23-11-13-26-25(27-23)31-15-5-6-16-31)24(28-29)21-10-7-14-30(18-21)17-12-20-8-3-2-4-9-20/h2-4,8-9,11,13,19,21H,5-7,10,12,14-18H2,1H3. The molecule has 1 unspecified atom stereocenters. The van der Waals surface area contributed by atoms with Gasteiger partial charge in [0.15, 0.2) is 0 Å². The molecule has 0 N–H and O–H groups in total. The molecule has 0 amide bonds. The normalized spacial score (nSPS) is 19.8. The van der Waals surface area contributed by atoms with Crippen molar-refractivity contribution in [2.24, 2.45) is 7.05 Å². The van der Waals surface area contributed by atoms with E-state index in [0.29, 0.717) is 5.92 Å². The zero-order valence-electron chi connectivity index (χ0n) is 18.5. The summed E-state index contributed by atoms with van der Waals surface area (Å²) in [6.45, 7) is 5.47. The van der Waals surface area contributed by atoms with Crippen LogP contribution in [0.15, 0.2) is 48.8 Å². The minimum atomic E-state index is 0.450. The summed E-state index contributed by atoms with van der Waals surface area (Å²) in [5.41, 5.74) is 4.78. The van der Waals surface area contributed by atoms with Crippen molar-refractivity contribution < 1.29 is 0 Å². The smallest absolute Gasteiger partial charge is 0.225 e. The van der Waals surface area contributed by atoms with Crippen LogP contribution in [0.5, 0.6) is 0 Å². The first-order valence-corrected chi connectivity index (χ1v) is 11.6. The predicted octanol–water partition coefficient (Wildman–Crippen LogP) is 3.90. The van der Waals surface area contributed by atoms with Gasteiger partial charge in [0.1, 0.15) is 0 Å². The van der Waals surface area contributed by atoms with Gasteiger partial charge in [-0.05, 0) is 50.3 Å². The Labute approximate surface area is 184 Å². The van der Waals surface area contributed by atoms with Gasteiger partial charge >= 0.3 is 0 Å². The van der Waals surface area contributed by atoms with E-state index < -0.39 is 0 Å². The molecule has 2 aliphatic rings. The molecule has 31 heavy (non-hydrogen) atoms. The third kappa shape index (κ3) is 4.64. The van der Waals surface area contributed by atoms with Crippen LogP contribution in [0, 0.1) is 0 Å². The van der Waals surface area contributed by atoms with Crippen molar-refractivity contribution in [3.8, 4) is 11.3 Å². The van der Waals surface area contributed by atoms with E-state index in [9.17, 15) is 0 Å². The Hall–Kier alpha value is -2.73. The highest BCUT2D eigenvalue weighted by Gasteiger charge is 2.27. The number of anilines is 1. The lowest BCUT2D eigenvalue weighted by Gasteiger charge is -2.32. The second-order valence-electron chi connectivity index (χ2n) is 8.91. The monoisotopic (exact) mass is 416 g/mol. The van der Waals surface area contributed by atoms with Gasteiger partial charge in [0, 0.05) is 57.1 Å². The summed E-state index contributed by atoms with van der Waals surface area (Å²) in [6, 6.07) is 12.8. The fraction of sp³-hybridized carbons (Fsp3) is 0.480. The Bertz CT molecular complexity index is 992. The van der Waals surface area contributed by atoms with Gasteiger partial charge in [0.25, 0.3) is 0 Å². The van der Waals surface area contributed by atoms with Gasteiger partial charge < -0.3 is 9.80 Å². The highest BCUT2D eigenvalue weighted by atomic mass is 15.3. The first-order chi connectivity index (χ1) is 15.3. The van der Waals surface area contributed by atoms with Crippen LogP contribution in [0.4, 0.5) is 5.95 Å². The van der Waals surface area contributed by atoms with Crippen LogP contribution in [0.2, 0.25) is 0 Å². The van der Waals surface area contributed by atoms with Gasteiger partial charge in [-0.1, -0.05) is 30.3 Å². The lowest BCUT2D eigenvalue weighted by atomic mass is 9.91. The van der Waals surface area contributed by atoms with Gasteiger partial charge in [0.05, 0.1) is 11.4 Å². The average Bonchev–Trinajstić information content (AvgIpc) is 3.49. The lowest BCUT2D eigenvalue weighted by molar-refractivity contribution is 0.208. The molecular weight excluding hydrogens is 384 g/mol. The molecule has 6 heteroatoms. The summed E-state index contributed by atoms with van der Waals surface area (Å²) in [5, 5.41) is 4.91. The maximum Gasteiger partial charge on any atom is 0.225 e. The molecule has 5 rings (SSSR count). The highest BCUT2D eigenvalue weighted by Crippen LogP contribution is 2.33. The molecule has 2 aliphatic heterocycles. The zero-order valence-corrected chi connectivity index (χ0v) is 18.5. The molecule has 0 bridgehead atoms. The van der Waals surface area contributed by atoms with Gasteiger partial charge in [-0.2, -0.15) is 5.10 Å². The van der Waals surface area contributed by atoms with E-state index in [0.717, 1.165) is 44.2 Å². The van der Waals surface area contributed by atoms with Crippen molar-refractivity contribution >= 4 is 5.95 Å². The minimum absolute atomic E-state index is 0.450. The molecule has 6 nitrogen and oxygen atoms in total. The Balaban J connectivity index is 1.33. The largest absolute Gasteiger partial charge is 0.341 e. The Morgan fingerprint density at radius 2 is 1.84 bits per heavy atom. The summed E-state index contributed by atoms with van der Waals surface area (Å²) in [5.74, 6) is 1.31. The molecule has 162 valence electrons. The number of nitrogens with zero attached hydrogens (tertiary/aromatic N) is 6. The number of hydrogen-bond acceptors (Lipinski definition) is 5. The number of piperidine rings is 1. The van der Waals surface area contributed by atoms with Crippen LogP contribution in [-0.4, -0.2) is 57.4 Å². The number of aryl methyl sites for hydroxylation is 1. The maximum absolute atomic E-state index is 4.94. The number of rotatable bonds is 6. The first kappa shape index (κ1) is 20.2. The first-order valence-electron chi connectivity index (χ1n) is 11.6. The Morgan fingerprint density at radius 1 is 1.00 bits per heavy atom. The molecule has 0 aliphatic carbocycles. The maximum atomic E-state index is 4.94. The Kier molecular flexibility index (Phi) is 5.98. The van der Waals surface area contributed by atoms with Crippen molar-refractivity contribution in [1.82, 2.24) is 24.6 Å². The fourth-order valence-electron chi connectivity index (χ4n) is 4.99. The zero-order chi connectivity index (χ0) is 21.0. The van der Waals surface area contributed by atoms with Crippen LogP contribution < -0.4 is 4.90 Å². The number of aromatic nitrogens is 4. The summed E-state index contributed by atoms with van der Waals surface area (Å²) < 4.78 is 1.95. The number of likely N-dealkylation sites (tertiary alicyclic amines) is 1. The molecule has 0 spiro atoms. The molecule has 0 radical (unpaired) electrons. The van der Waals surface area contributed by atoms with Gasteiger partial charge in [-0.15, -0.1) is 0 Å². The molecular formula is C25H32N6. The molecule has 2 aromatic heterocycles. The van der Waals surface area contributed by atoms with E-state index in [1.807, 2.05) is 24.0 Å². The van der Waals surface area contributed by atoms with Crippen LogP contribution in [0.3, 0.4) is 0 Å². The number of hydrogen-bond donors (Lipinski definition) is 0. The summed E-state index contributed by atoms with van der Waals surface area (Å²) in [6.07, 6.45) is 10.0.